The third-order valence-electron chi connectivity index (χ3n) is 4.67. The maximum atomic E-state index is 13.6. The number of hydrogen-bond donors (Lipinski definition) is 1. The van der Waals surface area contributed by atoms with Gasteiger partial charge in [0.15, 0.2) is 18.2 Å². The number of thiophene rings is 1. The summed E-state index contributed by atoms with van der Waals surface area (Å²) in [4.78, 5) is 12.2. The fourth-order valence-corrected chi connectivity index (χ4v) is 5.96. The number of ether oxygens (including phenoxy) is 1. The molecule has 0 fully saturated rings. The highest BCUT2D eigenvalue weighted by Crippen LogP contribution is 2.34. The van der Waals surface area contributed by atoms with Crippen LogP contribution in [0.4, 0.5) is 15.8 Å². The first-order valence-corrected chi connectivity index (χ1v) is 11.6. The largest absolute Gasteiger partial charge is 0.481 e. The van der Waals surface area contributed by atoms with Crippen molar-refractivity contribution in [1.82, 2.24) is 0 Å². The number of carbonyl (C=O) groups is 1. The Morgan fingerprint density at radius 1 is 1.17 bits per heavy atom. The number of nitrogens with zero attached hydrogens (tertiary/aromatic N) is 1. The minimum atomic E-state index is -3.60. The van der Waals surface area contributed by atoms with Gasteiger partial charge in [0.2, 0.25) is 0 Å². The van der Waals surface area contributed by atoms with E-state index in [2.05, 4.69) is 5.32 Å². The lowest BCUT2D eigenvalue weighted by molar-refractivity contribution is -0.118. The Labute approximate surface area is 178 Å². The summed E-state index contributed by atoms with van der Waals surface area (Å²) >= 11 is 1.19. The van der Waals surface area contributed by atoms with Crippen molar-refractivity contribution >= 4 is 38.6 Å². The molecule has 0 saturated heterocycles. The SMILES string of the molecule is O=C(COc1ccccc1F)Nc1ccc2c(c1)CCCN2S(=O)(=O)c1cccs1. The molecule has 3 aromatic rings. The third-order valence-corrected chi connectivity index (χ3v) is 7.86. The first-order valence-electron chi connectivity index (χ1n) is 9.31. The molecule has 6 nitrogen and oxygen atoms in total. The van der Waals surface area contributed by atoms with Gasteiger partial charge in [-0.3, -0.25) is 9.10 Å². The molecular formula is C21H19FN2O4S2. The van der Waals surface area contributed by atoms with Crippen molar-refractivity contribution in [2.75, 3.05) is 22.8 Å². The maximum absolute atomic E-state index is 13.6. The second-order valence-electron chi connectivity index (χ2n) is 6.72. The van der Waals surface area contributed by atoms with Crippen LogP contribution in [0.15, 0.2) is 64.2 Å². The smallest absolute Gasteiger partial charge is 0.273 e. The van der Waals surface area contributed by atoms with Gasteiger partial charge in [-0.15, -0.1) is 11.3 Å². The lowest BCUT2D eigenvalue weighted by Crippen LogP contribution is -2.35. The molecular weight excluding hydrogens is 427 g/mol. The minimum absolute atomic E-state index is 0.00696. The average Bonchev–Trinajstić information content (AvgIpc) is 3.28. The van der Waals surface area contributed by atoms with E-state index in [1.807, 2.05) is 0 Å². The van der Waals surface area contributed by atoms with Crippen LogP contribution in [0.5, 0.6) is 5.75 Å². The zero-order valence-corrected chi connectivity index (χ0v) is 17.5. The number of benzene rings is 2. The molecule has 1 aromatic heterocycles. The molecule has 1 N–H and O–H groups in total. The zero-order valence-electron chi connectivity index (χ0n) is 15.9. The van der Waals surface area contributed by atoms with Crippen molar-refractivity contribution in [3.8, 4) is 5.75 Å². The van der Waals surface area contributed by atoms with E-state index in [0.29, 0.717) is 35.0 Å². The summed E-state index contributed by atoms with van der Waals surface area (Å²) in [6.07, 6.45) is 1.40. The molecule has 30 heavy (non-hydrogen) atoms. The quantitative estimate of drug-likeness (QED) is 0.620. The number of fused-ring (bicyclic) bond motifs is 1. The van der Waals surface area contributed by atoms with Gasteiger partial charge in [0, 0.05) is 12.2 Å². The molecule has 0 saturated carbocycles. The molecule has 1 aliphatic heterocycles. The van der Waals surface area contributed by atoms with Gasteiger partial charge in [-0.2, -0.15) is 0 Å². The number of para-hydroxylation sites is 1. The fraction of sp³-hybridized carbons (Fsp3) is 0.190. The van der Waals surface area contributed by atoms with Crippen LogP contribution in [0.2, 0.25) is 0 Å². The summed E-state index contributed by atoms with van der Waals surface area (Å²) < 4.78 is 46.4. The van der Waals surface area contributed by atoms with E-state index in [9.17, 15) is 17.6 Å². The standard InChI is InChI=1S/C21H19FN2O4S2/c22-17-6-1-2-7-19(17)28-14-20(25)23-16-9-10-18-15(13-16)5-3-11-24(18)30(26,27)21-8-4-12-29-21/h1-2,4,6-10,12-13H,3,5,11,14H2,(H,23,25). The molecule has 4 rings (SSSR count). The number of anilines is 2. The normalized spacial score (nSPS) is 13.6. The monoisotopic (exact) mass is 446 g/mol. The molecule has 156 valence electrons. The van der Waals surface area contributed by atoms with Crippen LogP contribution in [0, 0.1) is 5.82 Å². The van der Waals surface area contributed by atoms with Crippen LogP contribution >= 0.6 is 11.3 Å². The minimum Gasteiger partial charge on any atom is -0.481 e. The molecule has 0 aliphatic carbocycles. The number of carbonyl (C=O) groups excluding carboxylic acids is 1. The Balaban J connectivity index is 1.47. The predicted octanol–water partition coefficient (Wildman–Crippen LogP) is 4.05. The molecule has 9 heteroatoms. The van der Waals surface area contributed by atoms with Gasteiger partial charge in [0.1, 0.15) is 4.21 Å². The zero-order chi connectivity index (χ0) is 21.1. The van der Waals surface area contributed by atoms with Gasteiger partial charge in [-0.1, -0.05) is 18.2 Å². The summed E-state index contributed by atoms with van der Waals surface area (Å²) in [5.74, 6) is -0.962. The number of aryl methyl sites for hydroxylation is 1. The number of hydrogen-bond acceptors (Lipinski definition) is 5. The average molecular weight is 447 g/mol. The van der Waals surface area contributed by atoms with Crippen LogP contribution in [0.25, 0.3) is 0 Å². The van der Waals surface area contributed by atoms with Gasteiger partial charge in [-0.05, 0) is 60.2 Å². The first kappa shape index (κ1) is 20.4. The lowest BCUT2D eigenvalue weighted by atomic mass is 10.0. The Morgan fingerprint density at radius 2 is 2.00 bits per heavy atom. The molecule has 0 unspecified atom stereocenters. The molecule has 1 amide bonds. The van der Waals surface area contributed by atoms with E-state index in [-0.39, 0.29) is 12.4 Å². The topological polar surface area (TPSA) is 75.7 Å². The molecule has 1 aliphatic rings. The van der Waals surface area contributed by atoms with Gasteiger partial charge < -0.3 is 10.1 Å². The molecule has 0 radical (unpaired) electrons. The van der Waals surface area contributed by atoms with Gasteiger partial charge in [0.25, 0.3) is 15.9 Å². The number of halogens is 1. The van der Waals surface area contributed by atoms with E-state index < -0.39 is 21.7 Å². The Bertz CT molecular complexity index is 1160. The van der Waals surface area contributed by atoms with Crippen LogP contribution in [-0.2, 0) is 21.2 Å². The number of amides is 1. The Kier molecular flexibility index (Phi) is 5.74. The number of rotatable bonds is 6. The number of sulfonamides is 1. The van der Waals surface area contributed by atoms with Crippen molar-refractivity contribution in [3.63, 3.8) is 0 Å². The van der Waals surface area contributed by atoms with E-state index in [1.165, 1.54) is 33.8 Å². The predicted molar refractivity (Wildman–Crippen MR) is 114 cm³/mol. The molecule has 2 aromatic carbocycles. The van der Waals surface area contributed by atoms with E-state index >= 15 is 0 Å². The molecule has 0 bridgehead atoms. The van der Waals surface area contributed by atoms with E-state index in [0.717, 1.165) is 5.56 Å². The van der Waals surface area contributed by atoms with Crippen LogP contribution in [-0.4, -0.2) is 27.5 Å². The van der Waals surface area contributed by atoms with Crippen molar-refractivity contribution in [1.29, 1.82) is 0 Å². The summed E-state index contributed by atoms with van der Waals surface area (Å²) in [7, 11) is -3.60. The second-order valence-corrected chi connectivity index (χ2v) is 9.76. The van der Waals surface area contributed by atoms with Crippen molar-refractivity contribution in [3.05, 3.63) is 71.4 Å². The highest BCUT2D eigenvalue weighted by molar-refractivity contribution is 7.94. The number of nitrogens with one attached hydrogen (secondary N) is 1. The second kappa shape index (κ2) is 8.45. The fourth-order valence-electron chi connectivity index (χ4n) is 3.31. The van der Waals surface area contributed by atoms with Gasteiger partial charge in [0.05, 0.1) is 5.69 Å². The van der Waals surface area contributed by atoms with Gasteiger partial charge in [-0.25, -0.2) is 12.8 Å². The third kappa shape index (κ3) is 4.17. The van der Waals surface area contributed by atoms with E-state index in [4.69, 9.17) is 4.74 Å². The Hall–Kier alpha value is -2.91. The highest BCUT2D eigenvalue weighted by atomic mass is 32.2. The summed E-state index contributed by atoms with van der Waals surface area (Å²) in [6.45, 7) is 0.0757. The summed E-state index contributed by atoms with van der Waals surface area (Å²) in [6, 6.07) is 14.3. The van der Waals surface area contributed by atoms with E-state index in [1.54, 1.807) is 41.8 Å². The van der Waals surface area contributed by atoms with Crippen molar-refractivity contribution < 1.29 is 22.3 Å². The Morgan fingerprint density at radius 3 is 2.77 bits per heavy atom. The molecule has 0 spiro atoms. The highest BCUT2D eigenvalue weighted by Gasteiger charge is 2.29. The summed E-state index contributed by atoms with van der Waals surface area (Å²) in [5, 5.41) is 4.45. The first-order chi connectivity index (χ1) is 14.4. The molecule has 2 heterocycles. The van der Waals surface area contributed by atoms with Gasteiger partial charge >= 0.3 is 0 Å². The summed E-state index contributed by atoms with van der Waals surface area (Å²) in [5.41, 5.74) is 2.00. The van der Waals surface area contributed by atoms with Crippen LogP contribution < -0.4 is 14.4 Å². The van der Waals surface area contributed by atoms with Crippen molar-refractivity contribution in [2.24, 2.45) is 0 Å². The van der Waals surface area contributed by atoms with Crippen LogP contribution in [0.3, 0.4) is 0 Å². The lowest BCUT2D eigenvalue weighted by Gasteiger charge is -2.30. The molecule has 0 atom stereocenters. The van der Waals surface area contributed by atoms with Crippen LogP contribution in [0.1, 0.15) is 12.0 Å². The maximum Gasteiger partial charge on any atom is 0.273 e. The van der Waals surface area contributed by atoms with Crippen molar-refractivity contribution in [2.45, 2.75) is 17.1 Å².